The van der Waals surface area contributed by atoms with Crippen LogP contribution >= 0.6 is 0 Å². The van der Waals surface area contributed by atoms with Crippen molar-refractivity contribution in [1.29, 1.82) is 0 Å². The number of likely N-dealkylation sites (tertiary alicyclic amines) is 1. The molecule has 4 rings (SSSR count). The van der Waals surface area contributed by atoms with Crippen molar-refractivity contribution < 1.29 is 9.53 Å². The molecule has 0 N–H and O–H groups in total. The van der Waals surface area contributed by atoms with E-state index in [4.69, 9.17) is 4.74 Å². The molecule has 1 saturated heterocycles. The number of allylic oxidation sites excluding steroid dienone is 2. The molecule has 1 aliphatic heterocycles. The Morgan fingerprint density at radius 2 is 1.58 bits per heavy atom. The summed E-state index contributed by atoms with van der Waals surface area (Å²) in [6.45, 7) is 3.55. The van der Waals surface area contributed by atoms with Crippen molar-refractivity contribution in [3.8, 4) is 0 Å². The van der Waals surface area contributed by atoms with Crippen molar-refractivity contribution in [1.82, 2.24) is 4.90 Å². The van der Waals surface area contributed by atoms with Crippen molar-refractivity contribution in [3.05, 3.63) is 47.5 Å². The molecular weight excluding hydrogens is 322 g/mol. The maximum Gasteiger partial charge on any atom is 0.226 e. The number of carbonyl (C=O) groups is 1. The molecule has 0 unspecified atom stereocenters. The highest BCUT2D eigenvalue weighted by Crippen LogP contribution is 2.29. The summed E-state index contributed by atoms with van der Waals surface area (Å²) in [4.78, 5) is 14.6. The van der Waals surface area contributed by atoms with E-state index in [1.165, 1.54) is 24.0 Å². The quantitative estimate of drug-likeness (QED) is 0.682. The van der Waals surface area contributed by atoms with E-state index >= 15 is 0 Å². The highest BCUT2D eigenvalue weighted by atomic mass is 16.5. The van der Waals surface area contributed by atoms with Crippen LogP contribution in [0.15, 0.2) is 36.4 Å². The number of hydrogen-bond donors (Lipinski definition) is 0. The smallest absolute Gasteiger partial charge is 0.226 e. The van der Waals surface area contributed by atoms with E-state index in [1.54, 1.807) is 0 Å². The Labute approximate surface area is 157 Å². The van der Waals surface area contributed by atoms with Gasteiger partial charge in [0, 0.05) is 25.6 Å². The number of ether oxygens (including phenoxy) is 1. The van der Waals surface area contributed by atoms with Crippen LogP contribution in [-0.2, 0) is 22.6 Å². The molecule has 0 spiro atoms. The lowest BCUT2D eigenvalue weighted by Crippen LogP contribution is -2.41. The summed E-state index contributed by atoms with van der Waals surface area (Å²) in [6, 6.07) is 8.96. The van der Waals surface area contributed by atoms with Crippen LogP contribution in [0.5, 0.6) is 0 Å². The molecule has 3 aliphatic rings. The zero-order valence-corrected chi connectivity index (χ0v) is 15.7. The molecular formula is C23H31NO2. The zero-order valence-electron chi connectivity index (χ0n) is 15.7. The number of amides is 1. The highest BCUT2D eigenvalue weighted by molar-refractivity contribution is 5.79. The Hall–Kier alpha value is -1.61. The van der Waals surface area contributed by atoms with Crippen molar-refractivity contribution in [2.75, 3.05) is 19.7 Å². The van der Waals surface area contributed by atoms with Gasteiger partial charge in [-0.2, -0.15) is 0 Å². The molecule has 0 aromatic heterocycles. The first-order valence-corrected chi connectivity index (χ1v) is 10.4. The average Bonchev–Trinajstić information content (AvgIpc) is 3.33. The molecule has 2 fully saturated rings. The Morgan fingerprint density at radius 3 is 2.23 bits per heavy atom. The fourth-order valence-corrected chi connectivity index (χ4v) is 4.17. The predicted molar refractivity (Wildman–Crippen MR) is 104 cm³/mol. The third-order valence-corrected chi connectivity index (χ3v) is 6.15. The fourth-order valence-electron chi connectivity index (χ4n) is 4.17. The van der Waals surface area contributed by atoms with E-state index in [9.17, 15) is 4.79 Å². The van der Waals surface area contributed by atoms with Crippen molar-refractivity contribution in [2.45, 2.75) is 51.6 Å². The Balaban J connectivity index is 1.19. The minimum atomic E-state index is 0.223. The summed E-state index contributed by atoms with van der Waals surface area (Å²) < 4.78 is 5.77. The van der Waals surface area contributed by atoms with E-state index in [-0.39, 0.29) is 5.92 Å². The normalized spacial score (nSPS) is 21.5. The van der Waals surface area contributed by atoms with Gasteiger partial charge in [-0.3, -0.25) is 4.79 Å². The van der Waals surface area contributed by atoms with Gasteiger partial charge in [0.15, 0.2) is 0 Å². The van der Waals surface area contributed by atoms with Crippen molar-refractivity contribution in [2.24, 2.45) is 17.8 Å². The second-order valence-electron chi connectivity index (χ2n) is 8.39. The van der Waals surface area contributed by atoms with Gasteiger partial charge in [-0.15, -0.1) is 0 Å². The van der Waals surface area contributed by atoms with Gasteiger partial charge in [0.05, 0.1) is 6.61 Å². The molecule has 0 radical (unpaired) electrons. The van der Waals surface area contributed by atoms with Gasteiger partial charge in [-0.1, -0.05) is 36.4 Å². The van der Waals surface area contributed by atoms with Gasteiger partial charge in [0.2, 0.25) is 5.91 Å². The third kappa shape index (κ3) is 4.76. The molecule has 1 amide bonds. The first-order chi connectivity index (χ1) is 12.8. The minimum Gasteiger partial charge on any atom is -0.376 e. The lowest BCUT2D eigenvalue weighted by atomic mass is 9.89. The van der Waals surface area contributed by atoms with E-state index in [0.29, 0.717) is 11.8 Å². The van der Waals surface area contributed by atoms with Crippen LogP contribution in [0.1, 0.15) is 49.7 Å². The topological polar surface area (TPSA) is 29.5 Å². The molecule has 3 nitrogen and oxygen atoms in total. The molecule has 1 aromatic rings. The van der Waals surface area contributed by atoms with Gasteiger partial charge in [-0.25, -0.2) is 0 Å². The standard InChI is InChI=1S/C23H31NO2/c25-23(22-3-1-2-4-22)24-13-11-19(12-14-24)15-18-5-7-20(8-6-18)16-26-17-21-9-10-21/h1-2,5-8,19,21-22H,3-4,9-17H2. The van der Waals surface area contributed by atoms with Crippen molar-refractivity contribution in [3.63, 3.8) is 0 Å². The van der Waals surface area contributed by atoms with E-state index in [1.807, 2.05) is 0 Å². The summed E-state index contributed by atoms with van der Waals surface area (Å²) >= 11 is 0. The summed E-state index contributed by atoms with van der Waals surface area (Å²) in [5, 5.41) is 0. The van der Waals surface area contributed by atoms with E-state index < -0.39 is 0 Å². The van der Waals surface area contributed by atoms with Crippen LogP contribution in [0, 0.1) is 17.8 Å². The maximum absolute atomic E-state index is 12.5. The molecule has 26 heavy (non-hydrogen) atoms. The second kappa shape index (κ2) is 8.39. The maximum atomic E-state index is 12.5. The lowest BCUT2D eigenvalue weighted by Gasteiger charge is -2.33. The molecule has 0 bridgehead atoms. The number of hydrogen-bond acceptors (Lipinski definition) is 2. The van der Waals surface area contributed by atoms with Gasteiger partial charge in [-0.05, 0) is 67.9 Å². The number of benzene rings is 1. The highest BCUT2D eigenvalue weighted by Gasteiger charge is 2.28. The molecule has 1 aromatic carbocycles. The number of piperidine rings is 1. The van der Waals surface area contributed by atoms with Gasteiger partial charge >= 0.3 is 0 Å². The first-order valence-electron chi connectivity index (χ1n) is 10.4. The lowest BCUT2D eigenvalue weighted by molar-refractivity contribution is -0.136. The number of carbonyl (C=O) groups excluding carboxylic acids is 1. The summed E-state index contributed by atoms with van der Waals surface area (Å²) in [7, 11) is 0. The van der Waals surface area contributed by atoms with E-state index in [0.717, 1.165) is 64.3 Å². The number of nitrogens with zero attached hydrogens (tertiary/aromatic N) is 1. The third-order valence-electron chi connectivity index (χ3n) is 6.15. The summed E-state index contributed by atoms with van der Waals surface area (Å²) in [5.74, 6) is 2.14. The molecule has 3 heteroatoms. The molecule has 1 saturated carbocycles. The zero-order chi connectivity index (χ0) is 17.8. The van der Waals surface area contributed by atoms with Crippen LogP contribution in [0.25, 0.3) is 0 Å². The summed E-state index contributed by atoms with van der Waals surface area (Å²) in [5.41, 5.74) is 2.70. The van der Waals surface area contributed by atoms with Crippen LogP contribution in [-0.4, -0.2) is 30.5 Å². The van der Waals surface area contributed by atoms with Crippen LogP contribution in [0.4, 0.5) is 0 Å². The second-order valence-corrected chi connectivity index (χ2v) is 8.39. The molecule has 2 aliphatic carbocycles. The Kier molecular flexibility index (Phi) is 5.74. The molecule has 1 heterocycles. The van der Waals surface area contributed by atoms with Crippen molar-refractivity contribution >= 4 is 5.91 Å². The van der Waals surface area contributed by atoms with Crippen LogP contribution in [0.2, 0.25) is 0 Å². The van der Waals surface area contributed by atoms with Crippen LogP contribution in [0.3, 0.4) is 0 Å². The minimum absolute atomic E-state index is 0.223. The monoisotopic (exact) mass is 353 g/mol. The summed E-state index contributed by atoms with van der Waals surface area (Å²) in [6.07, 6.45) is 12.3. The predicted octanol–water partition coefficient (Wildman–Crippen LogP) is 4.36. The first kappa shape index (κ1) is 17.8. The van der Waals surface area contributed by atoms with Gasteiger partial charge < -0.3 is 9.64 Å². The Morgan fingerprint density at radius 1 is 0.923 bits per heavy atom. The Bertz CT molecular complexity index is 616. The van der Waals surface area contributed by atoms with Crippen LogP contribution < -0.4 is 0 Å². The fraction of sp³-hybridized carbons (Fsp3) is 0.609. The van der Waals surface area contributed by atoms with E-state index in [2.05, 4.69) is 41.3 Å². The number of rotatable bonds is 7. The van der Waals surface area contributed by atoms with Gasteiger partial charge in [0.1, 0.15) is 0 Å². The molecule has 140 valence electrons. The largest absolute Gasteiger partial charge is 0.376 e. The molecule has 0 atom stereocenters. The SMILES string of the molecule is O=C(C1CC=CC1)N1CCC(Cc2ccc(COCC3CC3)cc2)CC1. The average molecular weight is 354 g/mol. The van der Waals surface area contributed by atoms with Gasteiger partial charge in [0.25, 0.3) is 0 Å².